The van der Waals surface area contributed by atoms with Gasteiger partial charge in [-0.2, -0.15) is 0 Å². The van der Waals surface area contributed by atoms with Gasteiger partial charge in [-0.3, -0.25) is 4.90 Å². The van der Waals surface area contributed by atoms with Crippen LogP contribution in [0.3, 0.4) is 0 Å². The first-order chi connectivity index (χ1) is 7.85. The second kappa shape index (κ2) is 3.98. The van der Waals surface area contributed by atoms with Gasteiger partial charge in [-0.05, 0) is 36.7 Å². The number of nitrogens with zero attached hydrogens (tertiary/aromatic N) is 1. The summed E-state index contributed by atoms with van der Waals surface area (Å²) in [5.41, 5.74) is 2.67. The van der Waals surface area contributed by atoms with E-state index in [1.54, 1.807) is 0 Å². The van der Waals surface area contributed by atoms with Crippen molar-refractivity contribution in [3.05, 3.63) is 23.8 Å². The molecule has 0 radical (unpaired) electrons. The Balaban J connectivity index is 1.63. The highest BCUT2D eigenvalue weighted by Gasteiger charge is 2.27. The summed E-state index contributed by atoms with van der Waals surface area (Å²) in [5.74, 6) is 1.03. The van der Waals surface area contributed by atoms with Gasteiger partial charge in [0.2, 0.25) is 0 Å². The number of hydrogen-bond donors (Lipinski definition) is 1. The molecule has 2 aliphatic rings. The molecule has 1 saturated heterocycles. The second-order valence-corrected chi connectivity index (χ2v) is 4.59. The van der Waals surface area contributed by atoms with Gasteiger partial charge in [-0.25, -0.2) is 0 Å². The number of benzene rings is 1. The number of likely N-dealkylation sites (tertiary alicyclic amines) is 1. The third-order valence-electron chi connectivity index (χ3n) is 3.46. The highest BCUT2D eigenvalue weighted by molar-refractivity contribution is 5.57. The van der Waals surface area contributed by atoms with Gasteiger partial charge >= 0.3 is 0 Å². The molecule has 86 valence electrons. The van der Waals surface area contributed by atoms with Crippen LogP contribution in [0.2, 0.25) is 0 Å². The van der Waals surface area contributed by atoms with E-state index in [0.29, 0.717) is 6.10 Å². The predicted molar refractivity (Wildman–Crippen MR) is 65.2 cm³/mol. The highest BCUT2D eigenvalue weighted by Crippen LogP contribution is 2.27. The lowest BCUT2D eigenvalue weighted by molar-refractivity contribution is 0.0238. The summed E-state index contributed by atoms with van der Waals surface area (Å²) >= 11 is 0. The van der Waals surface area contributed by atoms with Gasteiger partial charge < -0.3 is 10.1 Å². The molecular weight excluding hydrogens is 200 g/mol. The molecule has 3 nitrogen and oxygen atoms in total. The highest BCUT2D eigenvalue weighted by atomic mass is 16.5. The fraction of sp³-hybridized carbons (Fsp3) is 0.538. The summed E-state index contributed by atoms with van der Waals surface area (Å²) in [6.07, 6.45) is 1.52. The molecule has 3 heteroatoms. The monoisotopic (exact) mass is 218 g/mol. The summed E-state index contributed by atoms with van der Waals surface area (Å²) in [7, 11) is 0. The Morgan fingerprint density at radius 2 is 2.31 bits per heavy atom. The zero-order chi connectivity index (χ0) is 11.0. The number of ether oxygens (including phenoxy) is 1. The fourth-order valence-electron chi connectivity index (χ4n) is 2.40. The van der Waals surface area contributed by atoms with E-state index in [1.165, 1.54) is 11.3 Å². The predicted octanol–water partition coefficient (Wildman–Crippen LogP) is 1.74. The lowest BCUT2D eigenvalue weighted by Crippen LogP contribution is -2.53. The van der Waals surface area contributed by atoms with E-state index in [2.05, 4.69) is 35.3 Å². The molecule has 0 unspecified atom stereocenters. The molecule has 0 bridgehead atoms. The van der Waals surface area contributed by atoms with Crippen LogP contribution in [0.25, 0.3) is 0 Å². The summed E-state index contributed by atoms with van der Waals surface area (Å²) < 4.78 is 5.94. The molecule has 3 rings (SSSR count). The van der Waals surface area contributed by atoms with Gasteiger partial charge in [0, 0.05) is 25.3 Å². The number of anilines is 1. The van der Waals surface area contributed by atoms with Gasteiger partial charge in [0.1, 0.15) is 11.9 Å². The summed E-state index contributed by atoms with van der Waals surface area (Å²) in [4.78, 5) is 2.39. The third kappa shape index (κ3) is 1.76. The van der Waals surface area contributed by atoms with E-state index in [0.717, 1.165) is 38.3 Å². The summed E-state index contributed by atoms with van der Waals surface area (Å²) in [6, 6.07) is 6.39. The molecule has 16 heavy (non-hydrogen) atoms. The molecule has 2 aliphatic heterocycles. The van der Waals surface area contributed by atoms with Crippen molar-refractivity contribution >= 4 is 5.69 Å². The number of rotatable bonds is 3. The van der Waals surface area contributed by atoms with E-state index in [4.69, 9.17) is 4.74 Å². The van der Waals surface area contributed by atoms with E-state index in [-0.39, 0.29) is 0 Å². The number of hydrogen-bond acceptors (Lipinski definition) is 3. The SMILES string of the molecule is CCN1CC(Oc2ccc3c(c2)CCN3)C1. The van der Waals surface area contributed by atoms with Crippen molar-refractivity contribution < 1.29 is 4.74 Å². The van der Waals surface area contributed by atoms with E-state index in [9.17, 15) is 0 Å². The average Bonchev–Trinajstić information content (AvgIpc) is 2.69. The third-order valence-corrected chi connectivity index (χ3v) is 3.46. The Labute approximate surface area is 96.4 Å². The van der Waals surface area contributed by atoms with Gasteiger partial charge in [0.15, 0.2) is 0 Å². The van der Waals surface area contributed by atoms with E-state index < -0.39 is 0 Å². The quantitative estimate of drug-likeness (QED) is 0.836. The zero-order valence-corrected chi connectivity index (χ0v) is 9.70. The van der Waals surface area contributed by atoms with Crippen LogP contribution in [0.4, 0.5) is 5.69 Å². The largest absolute Gasteiger partial charge is 0.488 e. The standard InChI is InChI=1S/C13H18N2O/c1-2-15-8-12(9-15)16-11-3-4-13-10(7-11)5-6-14-13/h3-4,7,12,14H,2,5-6,8-9H2,1H3. The molecular formula is C13H18N2O. The molecule has 0 saturated carbocycles. The Morgan fingerprint density at radius 1 is 1.44 bits per heavy atom. The van der Waals surface area contributed by atoms with Crippen LogP contribution in [0.5, 0.6) is 5.75 Å². The first kappa shape index (κ1) is 9.97. The lowest BCUT2D eigenvalue weighted by atomic mass is 10.1. The normalized spacial score (nSPS) is 20.1. The molecule has 0 aliphatic carbocycles. The van der Waals surface area contributed by atoms with Crippen molar-refractivity contribution in [3.63, 3.8) is 0 Å². The molecule has 1 aromatic rings. The minimum Gasteiger partial charge on any atom is -0.488 e. The van der Waals surface area contributed by atoms with Gasteiger partial charge in [-0.15, -0.1) is 0 Å². The minimum absolute atomic E-state index is 0.396. The molecule has 2 heterocycles. The topological polar surface area (TPSA) is 24.5 Å². The van der Waals surface area contributed by atoms with Crippen molar-refractivity contribution in [3.8, 4) is 5.75 Å². The molecule has 1 N–H and O–H groups in total. The summed E-state index contributed by atoms with van der Waals surface area (Å²) in [5, 5.41) is 3.36. The van der Waals surface area contributed by atoms with Crippen LogP contribution >= 0.6 is 0 Å². The van der Waals surface area contributed by atoms with Gasteiger partial charge in [0.05, 0.1) is 0 Å². The molecule has 0 atom stereocenters. The Kier molecular flexibility index (Phi) is 2.48. The van der Waals surface area contributed by atoms with Crippen LogP contribution in [-0.4, -0.2) is 37.2 Å². The zero-order valence-electron chi connectivity index (χ0n) is 9.70. The smallest absolute Gasteiger partial charge is 0.124 e. The van der Waals surface area contributed by atoms with Crippen molar-refractivity contribution in [2.24, 2.45) is 0 Å². The first-order valence-electron chi connectivity index (χ1n) is 6.11. The van der Waals surface area contributed by atoms with Crippen molar-refractivity contribution in [2.75, 3.05) is 31.5 Å². The van der Waals surface area contributed by atoms with Crippen LogP contribution in [-0.2, 0) is 6.42 Å². The maximum Gasteiger partial charge on any atom is 0.124 e. The molecule has 0 amide bonds. The Bertz CT molecular complexity index is 386. The van der Waals surface area contributed by atoms with Crippen LogP contribution in [0, 0.1) is 0 Å². The number of fused-ring (bicyclic) bond motifs is 1. The maximum absolute atomic E-state index is 5.94. The van der Waals surface area contributed by atoms with Gasteiger partial charge in [0.25, 0.3) is 0 Å². The van der Waals surface area contributed by atoms with Crippen molar-refractivity contribution in [2.45, 2.75) is 19.4 Å². The van der Waals surface area contributed by atoms with E-state index >= 15 is 0 Å². The molecule has 1 aromatic carbocycles. The maximum atomic E-state index is 5.94. The second-order valence-electron chi connectivity index (χ2n) is 4.59. The first-order valence-corrected chi connectivity index (χ1v) is 6.11. The fourth-order valence-corrected chi connectivity index (χ4v) is 2.40. The van der Waals surface area contributed by atoms with Crippen molar-refractivity contribution in [1.82, 2.24) is 4.90 Å². The number of nitrogens with one attached hydrogen (secondary N) is 1. The average molecular weight is 218 g/mol. The summed E-state index contributed by atoms with van der Waals surface area (Å²) in [6.45, 7) is 6.54. The Hall–Kier alpha value is -1.22. The van der Waals surface area contributed by atoms with E-state index in [1.807, 2.05) is 0 Å². The molecule has 0 aromatic heterocycles. The molecule has 1 fully saturated rings. The van der Waals surface area contributed by atoms with Crippen LogP contribution in [0.15, 0.2) is 18.2 Å². The Morgan fingerprint density at radius 3 is 3.12 bits per heavy atom. The minimum atomic E-state index is 0.396. The van der Waals surface area contributed by atoms with Gasteiger partial charge in [-0.1, -0.05) is 6.92 Å². The van der Waals surface area contributed by atoms with Crippen molar-refractivity contribution in [1.29, 1.82) is 0 Å². The van der Waals surface area contributed by atoms with Crippen LogP contribution in [0.1, 0.15) is 12.5 Å². The number of likely N-dealkylation sites (N-methyl/N-ethyl adjacent to an activating group) is 1. The lowest BCUT2D eigenvalue weighted by Gasteiger charge is -2.38. The van der Waals surface area contributed by atoms with Crippen LogP contribution < -0.4 is 10.1 Å². The molecule has 0 spiro atoms.